The van der Waals surface area contributed by atoms with E-state index in [9.17, 15) is 24.8 Å². The highest BCUT2D eigenvalue weighted by Gasteiger charge is 2.33. The Bertz CT molecular complexity index is 1070. The fraction of sp³-hybridized carbons (Fsp3) is 0.520. The summed E-state index contributed by atoms with van der Waals surface area (Å²) in [6, 6.07) is 11.2. The third-order valence-electron chi connectivity index (χ3n) is 5.50. The van der Waals surface area contributed by atoms with E-state index in [1.165, 1.54) is 20.8 Å². The largest absolute Gasteiger partial charge is 0.472 e. The second kappa shape index (κ2) is 15.6. The summed E-state index contributed by atoms with van der Waals surface area (Å²) in [5.74, 6) is 0. The lowest BCUT2D eigenvalue weighted by molar-refractivity contribution is -0.200. The Morgan fingerprint density at radius 1 is 1.03 bits per heavy atom. The van der Waals surface area contributed by atoms with Crippen LogP contribution in [0.3, 0.4) is 0 Å². The number of aliphatic hydroxyl groups excluding tert-OH is 2. The molecule has 0 fully saturated rings. The van der Waals surface area contributed by atoms with Crippen molar-refractivity contribution in [1.29, 1.82) is 0 Å². The number of nitrogens with one attached hydrogen (secondary N) is 2. The van der Waals surface area contributed by atoms with Gasteiger partial charge < -0.3 is 35.0 Å². The Kier molecular flexibility index (Phi) is 13.6. The van der Waals surface area contributed by atoms with Crippen LogP contribution in [0.1, 0.15) is 39.7 Å². The van der Waals surface area contributed by atoms with Crippen molar-refractivity contribution in [2.45, 2.75) is 64.6 Å². The van der Waals surface area contributed by atoms with Gasteiger partial charge in [0.1, 0.15) is 11.8 Å². The molecule has 0 heterocycles. The average molecular weight is 611 g/mol. The number of hydrogen-bond donors (Lipinski definition) is 6. The van der Waals surface area contributed by atoms with E-state index < -0.39 is 44.9 Å². The molecule has 0 bridgehead atoms. The Balaban J connectivity index is 2.20. The normalized spacial score (nSPS) is 18.0. The third kappa shape index (κ3) is 10.9. The summed E-state index contributed by atoms with van der Waals surface area (Å²) in [7, 11) is -4.34. The van der Waals surface area contributed by atoms with Gasteiger partial charge in [0.25, 0.3) is 0 Å². The molecule has 0 aliphatic rings. The quantitative estimate of drug-likeness (QED) is 0.111. The summed E-state index contributed by atoms with van der Waals surface area (Å²) in [5.41, 5.74) is -0.266. The number of phosphoric acid groups is 1. The lowest BCUT2D eigenvalue weighted by atomic mass is 10.00. The number of anilines is 2. The van der Waals surface area contributed by atoms with Gasteiger partial charge >= 0.3 is 7.82 Å². The molecule has 6 atom stereocenters. The van der Waals surface area contributed by atoms with E-state index in [-0.39, 0.29) is 13.2 Å². The molecule has 0 radical (unpaired) electrons. The molecular formula is C25H37Cl2N2O9P. The van der Waals surface area contributed by atoms with Gasteiger partial charge in [0.05, 0.1) is 41.6 Å². The minimum absolute atomic E-state index is 0.0535. The van der Waals surface area contributed by atoms with Crippen LogP contribution in [-0.4, -0.2) is 64.8 Å². The van der Waals surface area contributed by atoms with Crippen molar-refractivity contribution < 1.29 is 43.3 Å². The molecule has 0 spiro atoms. The SMILES string of the molecule is CCOP(=O)(O)OCC(COC(C)O)OC(O)C(CC)NC(C)(O)c1ccccc1Nc1c(Cl)cccc1Cl. The smallest absolute Gasteiger partial charge is 0.372 e. The predicted molar refractivity (Wildman–Crippen MR) is 149 cm³/mol. The molecular weight excluding hydrogens is 574 g/mol. The van der Waals surface area contributed by atoms with Crippen LogP contribution in [0.15, 0.2) is 42.5 Å². The van der Waals surface area contributed by atoms with E-state index in [2.05, 4.69) is 15.2 Å². The molecule has 2 rings (SSSR count). The van der Waals surface area contributed by atoms with Crippen LogP contribution in [-0.2, 0) is 28.8 Å². The second-order valence-corrected chi connectivity index (χ2v) is 11.0. The first-order valence-corrected chi connectivity index (χ1v) is 14.6. The minimum atomic E-state index is -4.34. The topological polar surface area (TPSA) is 159 Å². The standard InChI is InChI=1S/C25H37Cl2N2O9P/c1-5-21(24(31)38-17(14-35-16(3)30)15-37-39(33,34)36-6-2)29-25(4,32)18-10-7-8-13-22(18)28-23-19(26)11-9-12-20(23)27/h7-13,16-17,21,24,28-32H,5-6,14-15H2,1-4H3,(H,33,34). The van der Waals surface area contributed by atoms with Gasteiger partial charge in [-0.2, -0.15) is 0 Å². The molecule has 2 aromatic rings. The highest BCUT2D eigenvalue weighted by Crippen LogP contribution is 2.43. The van der Waals surface area contributed by atoms with Gasteiger partial charge in [-0.3, -0.25) is 14.4 Å². The monoisotopic (exact) mass is 610 g/mol. The van der Waals surface area contributed by atoms with Gasteiger partial charge in [-0.25, -0.2) is 4.57 Å². The maximum Gasteiger partial charge on any atom is 0.472 e. The van der Waals surface area contributed by atoms with Crippen LogP contribution in [0.2, 0.25) is 10.0 Å². The summed E-state index contributed by atoms with van der Waals surface area (Å²) in [6.45, 7) is 5.39. The summed E-state index contributed by atoms with van der Waals surface area (Å²) >= 11 is 12.6. The third-order valence-corrected chi connectivity index (χ3v) is 7.19. The molecule has 6 N–H and O–H groups in total. The molecule has 0 aromatic heterocycles. The van der Waals surface area contributed by atoms with Gasteiger partial charge in [0.15, 0.2) is 12.6 Å². The molecule has 0 saturated heterocycles. The van der Waals surface area contributed by atoms with Gasteiger partial charge in [-0.05, 0) is 45.4 Å². The first kappa shape index (κ1) is 33.9. The van der Waals surface area contributed by atoms with E-state index >= 15 is 0 Å². The molecule has 2 aromatic carbocycles. The van der Waals surface area contributed by atoms with Gasteiger partial charge in [0.2, 0.25) is 0 Å². The number of ether oxygens (including phenoxy) is 2. The lowest BCUT2D eigenvalue weighted by Gasteiger charge is -2.35. The van der Waals surface area contributed by atoms with Crippen LogP contribution in [0, 0.1) is 0 Å². The van der Waals surface area contributed by atoms with E-state index in [0.29, 0.717) is 33.4 Å². The fourth-order valence-electron chi connectivity index (χ4n) is 3.63. The van der Waals surface area contributed by atoms with Crippen molar-refractivity contribution in [2.75, 3.05) is 25.1 Å². The molecule has 0 aliphatic carbocycles. The van der Waals surface area contributed by atoms with E-state index in [1.807, 2.05) is 0 Å². The molecule has 220 valence electrons. The maximum absolute atomic E-state index is 11.9. The number of para-hydroxylation sites is 2. The Morgan fingerprint density at radius 3 is 2.26 bits per heavy atom. The number of aliphatic hydroxyl groups is 3. The van der Waals surface area contributed by atoms with Crippen molar-refractivity contribution in [3.8, 4) is 0 Å². The summed E-state index contributed by atoms with van der Waals surface area (Å²) in [6.07, 6.45) is -3.42. The van der Waals surface area contributed by atoms with Gasteiger partial charge in [-0.15, -0.1) is 0 Å². The zero-order chi connectivity index (χ0) is 29.2. The van der Waals surface area contributed by atoms with Crippen LogP contribution >= 0.6 is 31.0 Å². The molecule has 39 heavy (non-hydrogen) atoms. The summed E-state index contributed by atoms with van der Waals surface area (Å²) in [5, 5.41) is 38.8. The first-order valence-electron chi connectivity index (χ1n) is 12.3. The second-order valence-electron chi connectivity index (χ2n) is 8.76. The van der Waals surface area contributed by atoms with Crippen molar-refractivity contribution in [3.63, 3.8) is 0 Å². The first-order chi connectivity index (χ1) is 18.3. The van der Waals surface area contributed by atoms with Crippen molar-refractivity contribution in [1.82, 2.24) is 5.32 Å². The van der Waals surface area contributed by atoms with Crippen molar-refractivity contribution in [3.05, 3.63) is 58.1 Å². The van der Waals surface area contributed by atoms with Gasteiger partial charge in [-0.1, -0.05) is 54.4 Å². The van der Waals surface area contributed by atoms with Crippen LogP contribution in [0.25, 0.3) is 0 Å². The average Bonchev–Trinajstić information content (AvgIpc) is 2.86. The Labute approximate surface area is 238 Å². The Hall–Kier alpha value is -1.31. The summed E-state index contributed by atoms with van der Waals surface area (Å²) in [4.78, 5) is 9.71. The highest BCUT2D eigenvalue weighted by molar-refractivity contribution is 7.47. The highest BCUT2D eigenvalue weighted by atomic mass is 35.5. The van der Waals surface area contributed by atoms with E-state index in [4.69, 9.17) is 37.2 Å². The number of rotatable bonds is 17. The van der Waals surface area contributed by atoms with E-state index in [0.717, 1.165) is 0 Å². The minimum Gasteiger partial charge on any atom is -0.372 e. The number of benzene rings is 2. The zero-order valence-electron chi connectivity index (χ0n) is 22.2. The van der Waals surface area contributed by atoms with Crippen LogP contribution < -0.4 is 10.6 Å². The summed E-state index contributed by atoms with van der Waals surface area (Å²) < 4.78 is 32.3. The molecule has 0 aliphatic heterocycles. The molecule has 6 unspecified atom stereocenters. The predicted octanol–water partition coefficient (Wildman–Crippen LogP) is 4.48. The zero-order valence-corrected chi connectivity index (χ0v) is 24.6. The Morgan fingerprint density at radius 2 is 1.67 bits per heavy atom. The number of halogens is 2. The molecule has 0 saturated carbocycles. The van der Waals surface area contributed by atoms with Crippen molar-refractivity contribution in [2.24, 2.45) is 0 Å². The van der Waals surface area contributed by atoms with E-state index in [1.54, 1.807) is 49.4 Å². The van der Waals surface area contributed by atoms with Crippen LogP contribution in [0.5, 0.6) is 0 Å². The molecule has 11 nitrogen and oxygen atoms in total. The maximum atomic E-state index is 11.9. The number of phosphoric ester groups is 1. The van der Waals surface area contributed by atoms with Crippen LogP contribution in [0.4, 0.5) is 11.4 Å². The number of hydrogen-bond acceptors (Lipinski definition) is 10. The molecule has 0 amide bonds. The van der Waals surface area contributed by atoms with Crippen molar-refractivity contribution >= 4 is 42.4 Å². The fourth-order valence-corrected chi connectivity index (χ4v) is 4.87. The lowest BCUT2D eigenvalue weighted by Crippen LogP contribution is -2.52. The van der Waals surface area contributed by atoms with Gasteiger partial charge in [0, 0.05) is 11.3 Å². The molecule has 14 heteroatoms.